The maximum Gasteiger partial charge on any atom is 0.358 e. The molecule has 2 saturated heterocycles. The van der Waals surface area contributed by atoms with Crippen LogP contribution in [0.25, 0.3) is 0 Å². The Morgan fingerprint density at radius 1 is 1.23 bits per heavy atom. The number of nitrogens with zero attached hydrogens (tertiary/aromatic N) is 4. The van der Waals surface area contributed by atoms with E-state index < -0.39 is 48.2 Å². The molecule has 3 N–H and O–H groups in total. The van der Waals surface area contributed by atoms with Crippen LogP contribution in [0.2, 0.25) is 0 Å². The van der Waals surface area contributed by atoms with E-state index >= 15 is 0 Å². The van der Waals surface area contributed by atoms with E-state index in [9.17, 15) is 28.8 Å². The van der Waals surface area contributed by atoms with Crippen molar-refractivity contribution in [3.63, 3.8) is 0 Å². The summed E-state index contributed by atoms with van der Waals surface area (Å²) in [7, 11) is 0. The van der Waals surface area contributed by atoms with Gasteiger partial charge in [0.2, 0.25) is 11.8 Å². The number of rotatable bonds is 7. The number of carbonyl (C=O) groups excluding carboxylic acids is 5. The fourth-order valence-corrected chi connectivity index (χ4v) is 4.26. The Kier molecular flexibility index (Phi) is 6.75. The van der Waals surface area contributed by atoms with E-state index in [2.05, 4.69) is 15.7 Å². The van der Waals surface area contributed by atoms with Gasteiger partial charge in [0.25, 0.3) is 5.91 Å². The Morgan fingerprint density at radius 3 is 2.77 bits per heavy atom. The quantitative estimate of drug-likeness (QED) is 0.450. The summed E-state index contributed by atoms with van der Waals surface area (Å²) in [5.41, 5.74) is 4.48. The molecule has 0 bridgehead atoms. The highest BCUT2D eigenvalue weighted by Crippen LogP contribution is 2.26. The highest BCUT2D eigenvalue weighted by atomic mass is 16.4. The molecule has 184 valence electrons. The first-order valence-corrected chi connectivity index (χ1v) is 11.1. The van der Waals surface area contributed by atoms with Crippen LogP contribution in [-0.2, 0) is 25.6 Å². The third-order valence-electron chi connectivity index (χ3n) is 5.98. The zero-order valence-electron chi connectivity index (χ0n) is 18.7. The standard InChI is InChI=1S/C22H24N6O7/c29-12-15(11-19(31)32)24-21(34)17-2-1-8-27-18(30)6-9-26(22(35)28(17)27)25-20(33)14-3-4-16-13(10-14)5-7-23-16/h3-4,7,10,12,15,17H,1-2,5-6,8-9,11H2,(H,24,34)(H,25,33)(H,31,32). The summed E-state index contributed by atoms with van der Waals surface area (Å²) < 4.78 is 0. The Labute approximate surface area is 199 Å². The number of benzene rings is 1. The molecule has 5 amide bonds. The topological polar surface area (TPSA) is 169 Å². The molecule has 2 atom stereocenters. The van der Waals surface area contributed by atoms with Crippen LogP contribution in [-0.4, -0.2) is 87.5 Å². The predicted octanol–water partition coefficient (Wildman–Crippen LogP) is -0.218. The number of hydrogen-bond donors (Lipinski definition) is 3. The average Bonchev–Trinajstić information content (AvgIpc) is 3.28. The van der Waals surface area contributed by atoms with Gasteiger partial charge in [0.1, 0.15) is 12.3 Å². The van der Waals surface area contributed by atoms with Crippen LogP contribution >= 0.6 is 0 Å². The van der Waals surface area contributed by atoms with Crippen LogP contribution in [0.4, 0.5) is 10.5 Å². The van der Waals surface area contributed by atoms with Crippen molar-refractivity contribution in [3.05, 3.63) is 29.3 Å². The van der Waals surface area contributed by atoms with E-state index in [1.54, 1.807) is 24.4 Å². The number of aliphatic carboxylic acids is 1. The molecule has 35 heavy (non-hydrogen) atoms. The zero-order valence-corrected chi connectivity index (χ0v) is 18.7. The lowest BCUT2D eigenvalue weighted by atomic mass is 10.1. The minimum atomic E-state index is -1.28. The summed E-state index contributed by atoms with van der Waals surface area (Å²) in [6.07, 6.45) is 2.54. The van der Waals surface area contributed by atoms with Gasteiger partial charge in [0.05, 0.1) is 24.7 Å². The number of hydrazine groups is 2. The Bertz CT molecular complexity index is 1120. The molecule has 2 fully saturated rings. The van der Waals surface area contributed by atoms with Crippen molar-refractivity contribution in [2.75, 3.05) is 13.1 Å². The second-order valence-corrected chi connectivity index (χ2v) is 8.35. The molecule has 0 radical (unpaired) electrons. The molecule has 1 aromatic rings. The third kappa shape index (κ3) is 4.98. The number of nitrogens with one attached hydrogen (secondary N) is 2. The SMILES string of the molecule is O=CC(CC(=O)O)NC(=O)C1CCCN2C(=O)CCN(NC(=O)c3ccc4c(c3)CC=N4)C(=O)N12. The summed E-state index contributed by atoms with van der Waals surface area (Å²) in [4.78, 5) is 78.3. The lowest BCUT2D eigenvalue weighted by Crippen LogP contribution is -2.64. The van der Waals surface area contributed by atoms with E-state index in [0.29, 0.717) is 24.7 Å². The second-order valence-electron chi connectivity index (χ2n) is 8.35. The van der Waals surface area contributed by atoms with E-state index in [4.69, 9.17) is 5.11 Å². The van der Waals surface area contributed by atoms with E-state index in [1.165, 1.54) is 5.01 Å². The number of carbonyl (C=O) groups is 6. The van der Waals surface area contributed by atoms with Gasteiger partial charge < -0.3 is 15.2 Å². The van der Waals surface area contributed by atoms with Crippen molar-refractivity contribution in [2.24, 2.45) is 4.99 Å². The Balaban J connectivity index is 1.52. The molecule has 0 spiro atoms. The molecule has 1 aromatic carbocycles. The van der Waals surface area contributed by atoms with Crippen molar-refractivity contribution in [1.82, 2.24) is 25.8 Å². The Morgan fingerprint density at radius 2 is 2.03 bits per heavy atom. The fourth-order valence-electron chi connectivity index (χ4n) is 4.26. The molecule has 4 rings (SSSR count). The van der Waals surface area contributed by atoms with E-state index in [-0.39, 0.29) is 25.9 Å². The van der Waals surface area contributed by atoms with Crippen LogP contribution in [0.3, 0.4) is 0 Å². The maximum atomic E-state index is 13.4. The van der Waals surface area contributed by atoms with Crippen LogP contribution in [0.1, 0.15) is 41.6 Å². The summed E-state index contributed by atoms with van der Waals surface area (Å²) in [5, 5.41) is 14.4. The molecular formula is C22H24N6O7. The lowest BCUT2D eigenvalue weighted by Gasteiger charge is -2.42. The van der Waals surface area contributed by atoms with Gasteiger partial charge in [-0.25, -0.2) is 19.8 Å². The van der Waals surface area contributed by atoms with Gasteiger partial charge in [-0.05, 0) is 36.6 Å². The van der Waals surface area contributed by atoms with Gasteiger partial charge in [0, 0.05) is 31.2 Å². The van der Waals surface area contributed by atoms with Crippen molar-refractivity contribution in [3.8, 4) is 0 Å². The first-order chi connectivity index (χ1) is 16.8. The first-order valence-electron chi connectivity index (χ1n) is 11.1. The second kappa shape index (κ2) is 9.91. The molecule has 13 nitrogen and oxygen atoms in total. The summed E-state index contributed by atoms with van der Waals surface area (Å²) in [6.45, 7) is 0.0992. The lowest BCUT2D eigenvalue weighted by molar-refractivity contribution is -0.155. The highest BCUT2D eigenvalue weighted by molar-refractivity contribution is 5.98. The molecular weight excluding hydrogens is 460 g/mol. The monoisotopic (exact) mass is 484 g/mol. The van der Waals surface area contributed by atoms with Gasteiger partial charge in [-0.2, -0.15) is 0 Å². The summed E-state index contributed by atoms with van der Waals surface area (Å²) in [5.74, 6) is -3.00. The number of hydrogen-bond acceptors (Lipinski definition) is 7. The molecule has 3 aliphatic heterocycles. The predicted molar refractivity (Wildman–Crippen MR) is 119 cm³/mol. The van der Waals surface area contributed by atoms with Crippen LogP contribution in [0, 0.1) is 0 Å². The van der Waals surface area contributed by atoms with Crippen LogP contribution in [0.5, 0.6) is 0 Å². The average molecular weight is 484 g/mol. The molecule has 0 aliphatic carbocycles. The van der Waals surface area contributed by atoms with Gasteiger partial charge in [-0.1, -0.05) is 0 Å². The first kappa shape index (κ1) is 23.9. The number of fused-ring (bicyclic) bond motifs is 2. The molecule has 2 unspecified atom stereocenters. The third-order valence-corrected chi connectivity index (χ3v) is 5.98. The van der Waals surface area contributed by atoms with Crippen LogP contribution < -0.4 is 10.7 Å². The molecule has 0 saturated carbocycles. The number of amides is 5. The zero-order chi connectivity index (χ0) is 25.1. The molecule has 3 aliphatic rings. The number of carboxylic acid groups (broad SMARTS) is 1. The van der Waals surface area contributed by atoms with Crippen molar-refractivity contribution in [1.29, 1.82) is 0 Å². The molecule has 0 aromatic heterocycles. The van der Waals surface area contributed by atoms with E-state index in [1.807, 2.05) is 0 Å². The highest BCUT2D eigenvalue weighted by Gasteiger charge is 2.44. The minimum Gasteiger partial charge on any atom is -0.481 e. The summed E-state index contributed by atoms with van der Waals surface area (Å²) in [6, 6.07) is 1.73. The van der Waals surface area contributed by atoms with Crippen LogP contribution in [0.15, 0.2) is 23.2 Å². The number of urea groups is 1. The van der Waals surface area contributed by atoms with Crippen molar-refractivity contribution >= 4 is 47.9 Å². The normalized spacial score (nSPS) is 20.0. The molecule has 3 heterocycles. The van der Waals surface area contributed by atoms with Gasteiger partial charge >= 0.3 is 12.0 Å². The van der Waals surface area contributed by atoms with Gasteiger partial charge in [-0.3, -0.25) is 29.6 Å². The molecule has 13 heteroatoms. The number of carboxylic acids is 1. The maximum absolute atomic E-state index is 13.4. The fraction of sp³-hybridized carbons (Fsp3) is 0.409. The Hall–Kier alpha value is -4.29. The number of aldehydes is 1. The number of aliphatic imine (C=N–C) groups is 1. The van der Waals surface area contributed by atoms with Crippen molar-refractivity contribution < 1.29 is 33.9 Å². The van der Waals surface area contributed by atoms with E-state index in [0.717, 1.165) is 21.3 Å². The van der Waals surface area contributed by atoms with Crippen molar-refractivity contribution in [2.45, 2.75) is 44.2 Å². The summed E-state index contributed by atoms with van der Waals surface area (Å²) >= 11 is 0. The van der Waals surface area contributed by atoms with Gasteiger partial charge in [-0.15, -0.1) is 0 Å². The largest absolute Gasteiger partial charge is 0.481 e. The smallest absolute Gasteiger partial charge is 0.358 e. The van der Waals surface area contributed by atoms with Gasteiger partial charge in [0.15, 0.2) is 0 Å². The minimum absolute atomic E-state index is 0.0785.